The summed E-state index contributed by atoms with van der Waals surface area (Å²) in [5.41, 5.74) is 4.16. The number of fused-ring (bicyclic) bond motifs is 3. The van der Waals surface area contributed by atoms with Crippen molar-refractivity contribution in [2.75, 3.05) is 59.5 Å². The number of carbonyl (C=O) groups is 5. The van der Waals surface area contributed by atoms with E-state index in [0.29, 0.717) is 86.2 Å². The molecule has 6 atom stereocenters. The molecule has 6 unspecified atom stereocenters. The number of carbonyl (C=O) groups excluding carboxylic acids is 5. The molecule has 0 saturated heterocycles. The Morgan fingerprint density at radius 2 is 1.14 bits per heavy atom. The lowest BCUT2D eigenvalue weighted by atomic mass is 9.83. The van der Waals surface area contributed by atoms with E-state index in [2.05, 4.69) is 75.3 Å². The van der Waals surface area contributed by atoms with Crippen LogP contribution in [-0.4, -0.2) is 113 Å². The van der Waals surface area contributed by atoms with E-state index in [-0.39, 0.29) is 69.4 Å². The number of rotatable bonds is 33. The molecule has 3 aliphatic carbocycles. The maximum absolute atomic E-state index is 13.8. The molecule has 1 N–H and O–H groups in total. The Balaban J connectivity index is 1.07. The van der Waals surface area contributed by atoms with Crippen LogP contribution in [0.25, 0.3) is 0 Å². The zero-order valence-electron chi connectivity index (χ0n) is 44.1. The second kappa shape index (κ2) is 32.0. The van der Waals surface area contributed by atoms with Gasteiger partial charge in [-0.15, -0.1) is 0 Å². The van der Waals surface area contributed by atoms with Crippen molar-refractivity contribution in [2.24, 2.45) is 28.7 Å². The number of aliphatic hydroxyl groups excluding tert-OH is 1. The second-order valence-electron chi connectivity index (χ2n) is 18.3. The predicted molar refractivity (Wildman–Crippen MR) is 293 cm³/mol. The molecule has 1 fully saturated rings. The Bertz CT molecular complexity index is 2680. The first-order valence-electron chi connectivity index (χ1n) is 26.2. The number of aliphatic hydroxyl groups is 1. The third-order valence-corrected chi connectivity index (χ3v) is 12.8. The van der Waals surface area contributed by atoms with Crippen molar-refractivity contribution in [2.45, 2.75) is 57.7 Å². The van der Waals surface area contributed by atoms with E-state index in [4.69, 9.17) is 47.6 Å². The zero-order valence-corrected chi connectivity index (χ0v) is 44.1. The quantitative estimate of drug-likeness (QED) is 0.0151. The number of nitrogens with zero attached hydrogens (tertiary/aromatic N) is 1. The fraction of sp³-hybridized carbons (Fsp3) is 0.355. The minimum absolute atomic E-state index is 0.0163. The molecule has 3 aromatic rings. The fourth-order valence-corrected chi connectivity index (χ4v) is 8.82. The Morgan fingerprint density at radius 1 is 0.603 bits per heavy atom. The highest BCUT2D eigenvalue weighted by Crippen LogP contribution is 2.52. The number of hydrogen-bond donors (Lipinski definition) is 1. The van der Waals surface area contributed by atoms with Crippen LogP contribution in [-0.2, 0) is 49.2 Å². The first-order chi connectivity index (χ1) is 38.0. The van der Waals surface area contributed by atoms with Crippen molar-refractivity contribution in [3.05, 3.63) is 187 Å². The maximum Gasteiger partial charge on any atom is 0.343 e. The highest BCUT2D eigenvalue weighted by molar-refractivity contribution is 5.93. The summed E-state index contributed by atoms with van der Waals surface area (Å²) < 4.78 is 49.8. The van der Waals surface area contributed by atoms with Crippen LogP contribution in [0.5, 0.6) is 17.2 Å². The number of hydrogen-bond acceptors (Lipinski definition) is 16. The number of unbranched alkanes of at least 4 members (excludes halogenated alkanes) is 2. The molecule has 0 spiro atoms. The smallest absolute Gasteiger partial charge is 0.343 e. The molecule has 16 nitrogen and oxygen atoms in total. The van der Waals surface area contributed by atoms with Crippen molar-refractivity contribution >= 4 is 36.1 Å². The summed E-state index contributed by atoms with van der Waals surface area (Å²) in [7, 11) is 0. The monoisotopic (exact) mass is 1070 g/mol. The summed E-state index contributed by atoms with van der Waals surface area (Å²) in [6.07, 6.45) is 24.4. The third-order valence-electron chi connectivity index (χ3n) is 12.8. The van der Waals surface area contributed by atoms with E-state index < -0.39 is 42.1 Å². The van der Waals surface area contributed by atoms with Crippen molar-refractivity contribution in [1.82, 2.24) is 0 Å². The molecule has 0 amide bonds. The van der Waals surface area contributed by atoms with Gasteiger partial charge in [-0.1, -0.05) is 81.3 Å². The van der Waals surface area contributed by atoms with Crippen LogP contribution in [0.4, 0.5) is 0 Å². The average Bonchev–Trinajstić information content (AvgIpc) is 3.86. The van der Waals surface area contributed by atoms with Crippen molar-refractivity contribution in [3.8, 4) is 17.2 Å². The predicted octanol–water partition coefficient (Wildman–Crippen LogP) is 9.39. The lowest BCUT2D eigenvalue weighted by molar-refractivity contribution is -0.148. The lowest BCUT2D eigenvalue weighted by Gasteiger charge is -2.21. The fourth-order valence-electron chi connectivity index (χ4n) is 8.82. The topological polar surface area (TPSA) is 201 Å². The van der Waals surface area contributed by atoms with E-state index in [9.17, 15) is 29.1 Å². The SMILES string of the molecule is C=CC(=O)OCCCCOCC(O)COc1ccc(C(=O)OCCc2ccc(OC(=O)c3ccc(OCC(COCCCCOC(=O)C=C)OC(=O)C=C)cc3)c(C=NC(CC)=C3C4C=CC=CC4C4C=CC=CC34)c2)cc1. The van der Waals surface area contributed by atoms with Crippen LogP contribution in [0.3, 0.4) is 0 Å². The first kappa shape index (κ1) is 59.3. The molecule has 16 heteroatoms. The largest absolute Gasteiger partial charge is 0.491 e. The molecule has 0 aromatic heterocycles. The molecule has 0 heterocycles. The van der Waals surface area contributed by atoms with E-state index >= 15 is 0 Å². The molecule has 78 heavy (non-hydrogen) atoms. The normalized spacial score (nSPS) is 17.5. The van der Waals surface area contributed by atoms with Crippen LogP contribution in [0, 0.1) is 23.7 Å². The standard InChI is InChI=1S/C62H69NO15/c1-5-55(60-53-19-11-9-17-51(53)52-18-10-12-20-54(52)60)63-38-46-37-43(31-36-74-61(68)44-22-26-48(27-23-44)75-40-47(64)39-70-32-13-15-34-72-57(65)6-2)21-30-56(46)78-62(69)45-24-28-49(29-25-45)76-42-50(77-59(67)8-4)41-71-33-14-16-35-73-58(66)7-3/h6-12,17-30,37-38,47,50-54,64H,2-5,13-16,31-36,39-42H2,1H3. The van der Waals surface area contributed by atoms with Gasteiger partial charge in [0.25, 0.3) is 0 Å². The van der Waals surface area contributed by atoms with Gasteiger partial charge in [-0.05, 0) is 116 Å². The van der Waals surface area contributed by atoms with Crippen LogP contribution in [0.2, 0.25) is 0 Å². The van der Waals surface area contributed by atoms with Crippen molar-refractivity contribution in [3.63, 3.8) is 0 Å². The summed E-state index contributed by atoms with van der Waals surface area (Å²) in [5, 5.41) is 10.3. The summed E-state index contributed by atoms with van der Waals surface area (Å²) in [6, 6.07) is 18.2. The van der Waals surface area contributed by atoms with Gasteiger partial charge in [-0.2, -0.15) is 0 Å². The summed E-state index contributed by atoms with van der Waals surface area (Å²) in [4.78, 5) is 66.4. The molecule has 6 rings (SSSR count). The second-order valence-corrected chi connectivity index (χ2v) is 18.3. The van der Waals surface area contributed by atoms with Gasteiger partial charge in [-0.3, -0.25) is 4.99 Å². The molecule has 0 radical (unpaired) electrons. The molecule has 412 valence electrons. The highest BCUT2D eigenvalue weighted by atomic mass is 16.6. The summed E-state index contributed by atoms with van der Waals surface area (Å²) in [6.45, 7) is 13.6. The van der Waals surface area contributed by atoms with Crippen LogP contribution >= 0.6 is 0 Å². The van der Waals surface area contributed by atoms with Gasteiger partial charge in [0.2, 0.25) is 0 Å². The van der Waals surface area contributed by atoms with Gasteiger partial charge >= 0.3 is 29.8 Å². The molecule has 3 aromatic carbocycles. The number of ether oxygens (including phenoxy) is 9. The summed E-state index contributed by atoms with van der Waals surface area (Å²) in [5.74, 6) is -0.554. The van der Waals surface area contributed by atoms with Crippen molar-refractivity contribution in [1.29, 1.82) is 0 Å². The van der Waals surface area contributed by atoms with E-state index in [1.54, 1.807) is 60.8 Å². The number of allylic oxidation sites excluding steroid dienone is 10. The first-order valence-corrected chi connectivity index (χ1v) is 26.2. The van der Waals surface area contributed by atoms with Crippen LogP contribution in [0.1, 0.15) is 70.9 Å². The maximum atomic E-state index is 13.8. The molecule has 3 aliphatic rings. The number of esters is 5. The molecule has 1 saturated carbocycles. The zero-order chi connectivity index (χ0) is 55.5. The van der Waals surface area contributed by atoms with Gasteiger partial charge in [0.15, 0.2) is 6.10 Å². The lowest BCUT2D eigenvalue weighted by Crippen LogP contribution is -2.29. The number of aliphatic imine (C=N–C) groups is 1. The molecular formula is C62H69NO15. The Morgan fingerprint density at radius 3 is 1.72 bits per heavy atom. The van der Waals surface area contributed by atoms with E-state index in [1.807, 2.05) is 12.1 Å². The van der Waals surface area contributed by atoms with Gasteiger partial charge in [-0.25, -0.2) is 24.0 Å². The van der Waals surface area contributed by atoms with Crippen molar-refractivity contribution < 1.29 is 71.7 Å². The summed E-state index contributed by atoms with van der Waals surface area (Å²) >= 11 is 0. The number of benzene rings is 3. The van der Waals surface area contributed by atoms with Gasteiger partial charge in [0.1, 0.15) is 36.6 Å². The Kier molecular flexibility index (Phi) is 24.3. The molecular weight excluding hydrogens is 999 g/mol. The Hall–Kier alpha value is -7.92. The minimum atomic E-state index is -0.874. The van der Waals surface area contributed by atoms with E-state index in [0.717, 1.165) is 29.5 Å². The van der Waals surface area contributed by atoms with Gasteiger partial charge < -0.3 is 47.7 Å². The van der Waals surface area contributed by atoms with Crippen LogP contribution in [0.15, 0.2) is 170 Å². The molecule has 0 bridgehead atoms. The van der Waals surface area contributed by atoms with Gasteiger partial charge in [0.05, 0.1) is 44.2 Å². The average molecular weight is 1070 g/mol. The van der Waals surface area contributed by atoms with E-state index in [1.165, 1.54) is 5.57 Å². The highest BCUT2D eigenvalue weighted by Gasteiger charge is 2.44. The minimum Gasteiger partial charge on any atom is -0.491 e. The molecule has 0 aliphatic heterocycles. The Labute approximate surface area is 456 Å². The van der Waals surface area contributed by atoms with Gasteiger partial charge in [0, 0.05) is 67.2 Å². The third kappa shape index (κ3) is 18.7. The van der Waals surface area contributed by atoms with Crippen LogP contribution < -0.4 is 14.2 Å².